The van der Waals surface area contributed by atoms with E-state index in [-0.39, 0.29) is 5.78 Å². The van der Waals surface area contributed by atoms with E-state index in [9.17, 15) is 4.79 Å². The van der Waals surface area contributed by atoms with Gasteiger partial charge >= 0.3 is 0 Å². The van der Waals surface area contributed by atoms with Crippen LogP contribution in [0.25, 0.3) is 6.08 Å². The Balaban J connectivity index is 1.55. The number of pyridine rings is 1. The monoisotopic (exact) mass is 630 g/mol. The molecule has 7 nitrogen and oxygen atoms in total. The minimum Gasteiger partial charge on any atom is -0.379 e. The van der Waals surface area contributed by atoms with Crippen LogP contribution in [0.4, 0.5) is 5.82 Å². The molecule has 1 aromatic carbocycles. The number of aromatic nitrogens is 1. The molecule has 8 heteroatoms. The van der Waals surface area contributed by atoms with Gasteiger partial charge in [0, 0.05) is 56.8 Å². The van der Waals surface area contributed by atoms with E-state index in [1.165, 1.54) is 5.56 Å². The summed E-state index contributed by atoms with van der Waals surface area (Å²) in [6, 6.07) is 14.8. The number of anilines is 1. The summed E-state index contributed by atoms with van der Waals surface area (Å²) in [4.78, 5) is 26.4. The van der Waals surface area contributed by atoms with Crippen molar-refractivity contribution in [2.24, 2.45) is 5.41 Å². The fraction of sp³-hybridized carbons (Fsp3) is 0.533. The normalized spacial score (nSPS) is 26.2. The number of carbonyl (C=O) groups is 1. The van der Waals surface area contributed by atoms with Crippen molar-refractivity contribution >= 4 is 40.3 Å². The first-order valence-corrected chi connectivity index (χ1v) is 14.7. The van der Waals surface area contributed by atoms with Crippen LogP contribution < -0.4 is 4.90 Å². The number of hydrogen-bond donors (Lipinski definition) is 0. The molecule has 3 saturated heterocycles. The molecule has 0 aliphatic carbocycles. The third-order valence-corrected chi connectivity index (χ3v) is 9.73. The highest BCUT2D eigenvalue weighted by molar-refractivity contribution is 14.1. The van der Waals surface area contributed by atoms with Crippen LogP contribution in [0.15, 0.2) is 48.0 Å². The van der Waals surface area contributed by atoms with Crippen LogP contribution in [0.2, 0.25) is 0 Å². The number of carbonyl (C=O) groups excluding carboxylic acids is 1. The highest BCUT2D eigenvalue weighted by Crippen LogP contribution is 2.50. The molecule has 5 rings (SSSR count). The molecule has 2 aromatic rings. The summed E-state index contributed by atoms with van der Waals surface area (Å²) in [5.41, 5.74) is 3.45. The zero-order valence-corrected chi connectivity index (χ0v) is 24.9. The number of ether oxygens (including phenoxy) is 2. The molecular weight excluding hydrogens is 591 g/mol. The average Bonchev–Trinajstić information content (AvgIpc) is 2.94. The minimum atomic E-state index is -0.596. The van der Waals surface area contributed by atoms with Crippen molar-refractivity contribution in [1.82, 2.24) is 14.8 Å². The molecular formula is C30H39IN4O3. The Morgan fingerprint density at radius 1 is 0.947 bits per heavy atom. The van der Waals surface area contributed by atoms with Gasteiger partial charge in [0.15, 0.2) is 5.78 Å². The minimum absolute atomic E-state index is 0.189. The van der Waals surface area contributed by atoms with Crippen LogP contribution in [-0.2, 0) is 17.8 Å². The van der Waals surface area contributed by atoms with E-state index in [0.29, 0.717) is 19.8 Å². The summed E-state index contributed by atoms with van der Waals surface area (Å²) < 4.78 is 10.5. The largest absolute Gasteiger partial charge is 0.379 e. The van der Waals surface area contributed by atoms with E-state index < -0.39 is 8.96 Å². The first-order chi connectivity index (χ1) is 18.3. The maximum atomic E-state index is 14.2. The molecule has 204 valence electrons. The molecule has 0 N–H and O–H groups in total. The SMILES string of the molecule is Cc1ccc(C2(I)C(=Cc3cccc(N4CCOCC4)n3)C(=O)C(C)(C)CN2CCN2CCOCC2)cc1. The van der Waals surface area contributed by atoms with E-state index in [2.05, 4.69) is 82.3 Å². The molecule has 1 unspecified atom stereocenters. The van der Waals surface area contributed by atoms with Gasteiger partial charge in [-0.2, -0.15) is 0 Å². The second-order valence-corrected chi connectivity index (χ2v) is 12.7. The summed E-state index contributed by atoms with van der Waals surface area (Å²) in [6.45, 7) is 15.3. The summed E-state index contributed by atoms with van der Waals surface area (Å²) in [6.07, 6.45) is 2.04. The van der Waals surface area contributed by atoms with Crippen molar-refractivity contribution < 1.29 is 14.3 Å². The van der Waals surface area contributed by atoms with Gasteiger partial charge < -0.3 is 14.4 Å². The van der Waals surface area contributed by atoms with E-state index >= 15 is 0 Å². The fourth-order valence-corrected chi connectivity index (χ4v) is 6.75. The van der Waals surface area contributed by atoms with Crippen LogP contribution in [0.1, 0.15) is 30.7 Å². The highest BCUT2D eigenvalue weighted by Gasteiger charge is 2.52. The van der Waals surface area contributed by atoms with E-state index in [1.54, 1.807) is 0 Å². The van der Waals surface area contributed by atoms with Gasteiger partial charge in [-0.15, -0.1) is 0 Å². The Bertz CT molecular complexity index is 1160. The molecule has 1 aromatic heterocycles. The van der Waals surface area contributed by atoms with Crippen molar-refractivity contribution in [3.05, 3.63) is 64.9 Å². The van der Waals surface area contributed by atoms with Gasteiger partial charge in [0.1, 0.15) is 9.36 Å². The summed E-state index contributed by atoms with van der Waals surface area (Å²) in [7, 11) is 0. The summed E-state index contributed by atoms with van der Waals surface area (Å²) in [5.74, 6) is 1.12. The van der Waals surface area contributed by atoms with Crippen molar-refractivity contribution in [3.63, 3.8) is 0 Å². The Morgan fingerprint density at radius 3 is 2.29 bits per heavy atom. The predicted molar refractivity (Wildman–Crippen MR) is 160 cm³/mol. The Kier molecular flexibility index (Phi) is 8.54. The number of aryl methyl sites for hydroxylation is 1. The molecule has 0 amide bonds. The molecule has 0 spiro atoms. The van der Waals surface area contributed by atoms with Crippen LogP contribution >= 0.6 is 22.6 Å². The second kappa shape index (κ2) is 11.7. The molecule has 3 aliphatic rings. The first-order valence-electron chi connectivity index (χ1n) is 13.7. The number of hydrogen-bond acceptors (Lipinski definition) is 7. The molecule has 38 heavy (non-hydrogen) atoms. The lowest BCUT2D eigenvalue weighted by atomic mass is 9.74. The van der Waals surface area contributed by atoms with Gasteiger partial charge in [0.05, 0.1) is 32.1 Å². The third kappa shape index (κ3) is 5.84. The number of alkyl halides is 1. The second-order valence-electron chi connectivity index (χ2n) is 11.2. The number of benzene rings is 1. The highest BCUT2D eigenvalue weighted by atomic mass is 127. The standard InChI is InChI=1S/C30H39IN4O3/c1-23-7-9-24(10-8-23)30(31)26(21-25-5-4-6-27(32-25)34-15-19-38-20-16-34)28(36)29(2,3)22-35(30)12-11-33-13-17-37-18-14-33/h4-10,21H,11-20,22H2,1-3H3. The summed E-state index contributed by atoms with van der Waals surface area (Å²) in [5, 5.41) is 0. The van der Waals surface area contributed by atoms with Gasteiger partial charge in [-0.05, 0) is 30.7 Å². The van der Waals surface area contributed by atoms with Crippen molar-refractivity contribution in [3.8, 4) is 0 Å². The quantitative estimate of drug-likeness (QED) is 0.206. The Morgan fingerprint density at radius 2 is 1.61 bits per heavy atom. The summed E-state index contributed by atoms with van der Waals surface area (Å²) >= 11 is 2.54. The van der Waals surface area contributed by atoms with E-state index in [4.69, 9.17) is 14.5 Å². The van der Waals surface area contributed by atoms with Crippen LogP contribution in [0, 0.1) is 12.3 Å². The molecule has 3 aliphatic heterocycles. The number of morpholine rings is 2. The number of halogens is 1. The zero-order chi connectivity index (χ0) is 26.8. The zero-order valence-electron chi connectivity index (χ0n) is 22.8. The number of piperidine rings is 1. The molecule has 0 saturated carbocycles. The van der Waals surface area contributed by atoms with E-state index in [0.717, 1.165) is 75.1 Å². The number of likely N-dealkylation sites (tertiary alicyclic amines) is 1. The lowest BCUT2D eigenvalue weighted by Gasteiger charge is -2.50. The molecule has 0 radical (unpaired) electrons. The number of ketones is 1. The van der Waals surface area contributed by atoms with Crippen LogP contribution in [-0.4, -0.2) is 92.8 Å². The van der Waals surface area contributed by atoms with Gasteiger partial charge in [0.2, 0.25) is 0 Å². The van der Waals surface area contributed by atoms with Crippen molar-refractivity contribution in [2.75, 3.05) is 77.1 Å². The lowest BCUT2D eigenvalue weighted by Crippen LogP contribution is -2.58. The Labute approximate surface area is 240 Å². The maximum absolute atomic E-state index is 14.2. The van der Waals surface area contributed by atoms with Crippen LogP contribution in [0.5, 0.6) is 0 Å². The molecule has 1 atom stereocenters. The number of nitrogens with zero attached hydrogens (tertiary/aromatic N) is 4. The number of rotatable bonds is 6. The maximum Gasteiger partial charge on any atom is 0.168 e. The van der Waals surface area contributed by atoms with Crippen molar-refractivity contribution in [1.29, 1.82) is 0 Å². The first kappa shape index (κ1) is 27.7. The van der Waals surface area contributed by atoms with Gasteiger partial charge in [-0.1, -0.05) is 72.3 Å². The van der Waals surface area contributed by atoms with E-state index in [1.807, 2.05) is 24.3 Å². The molecule has 4 heterocycles. The predicted octanol–water partition coefficient (Wildman–Crippen LogP) is 4.14. The fourth-order valence-electron chi connectivity index (χ4n) is 5.57. The Hall–Kier alpha value is -1.85. The average molecular weight is 631 g/mol. The topological polar surface area (TPSA) is 58.1 Å². The molecule has 0 bridgehead atoms. The van der Waals surface area contributed by atoms with Gasteiger partial charge in [0.25, 0.3) is 0 Å². The van der Waals surface area contributed by atoms with Gasteiger partial charge in [-0.3, -0.25) is 14.6 Å². The smallest absolute Gasteiger partial charge is 0.168 e. The van der Waals surface area contributed by atoms with Crippen molar-refractivity contribution in [2.45, 2.75) is 24.3 Å². The number of Topliss-reactive ketones (excluding diaryl/α,β-unsaturated/α-hetero) is 1. The molecule has 3 fully saturated rings. The lowest BCUT2D eigenvalue weighted by molar-refractivity contribution is -0.128. The third-order valence-electron chi connectivity index (χ3n) is 7.85. The van der Waals surface area contributed by atoms with Gasteiger partial charge in [-0.25, -0.2) is 4.98 Å². The van der Waals surface area contributed by atoms with Crippen LogP contribution in [0.3, 0.4) is 0 Å².